The third-order valence-corrected chi connectivity index (χ3v) is 4.49. The zero-order valence-corrected chi connectivity index (χ0v) is 12.4. The molecule has 0 bridgehead atoms. The maximum Gasteiger partial charge on any atom is 0.303 e. The number of rotatable bonds is 4. The minimum Gasteiger partial charge on any atom is -0.481 e. The van der Waals surface area contributed by atoms with Gasteiger partial charge in [-0.3, -0.25) is 9.59 Å². The number of aliphatic carboxylic acids is 1. The number of nitrogens with zero attached hydrogens (tertiary/aromatic N) is 1. The molecule has 2 rings (SSSR count). The summed E-state index contributed by atoms with van der Waals surface area (Å²) in [4.78, 5) is 25.4. The molecule has 1 saturated heterocycles. The molecule has 0 radical (unpaired) electrons. The van der Waals surface area contributed by atoms with Gasteiger partial charge in [-0.25, -0.2) is 0 Å². The van der Waals surface area contributed by atoms with Crippen molar-refractivity contribution in [3.05, 3.63) is 0 Å². The van der Waals surface area contributed by atoms with E-state index in [1.807, 2.05) is 18.7 Å². The van der Waals surface area contributed by atoms with Crippen molar-refractivity contribution in [3.8, 4) is 0 Å². The number of morpholine rings is 1. The molecule has 114 valence electrons. The van der Waals surface area contributed by atoms with Crippen LogP contribution in [0.1, 0.15) is 52.4 Å². The molecule has 0 aromatic rings. The predicted molar refractivity (Wildman–Crippen MR) is 74.4 cm³/mol. The summed E-state index contributed by atoms with van der Waals surface area (Å²) in [6.07, 6.45) is 4.41. The molecular formula is C15H25NO4. The van der Waals surface area contributed by atoms with Crippen LogP contribution < -0.4 is 0 Å². The average Bonchev–Trinajstić information content (AvgIpc) is 2.74. The minimum absolute atomic E-state index is 0.0571. The maximum atomic E-state index is 12.5. The number of hydrogen-bond acceptors (Lipinski definition) is 3. The van der Waals surface area contributed by atoms with E-state index >= 15 is 0 Å². The molecule has 0 spiro atoms. The number of carboxylic acids is 1. The molecule has 5 heteroatoms. The van der Waals surface area contributed by atoms with E-state index in [1.54, 1.807) is 0 Å². The quantitative estimate of drug-likeness (QED) is 0.857. The number of ether oxygens (including phenoxy) is 1. The smallest absolute Gasteiger partial charge is 0.303 e. The maximum absolute atomic E-state index is 12.5. The van der Waals surface area contributed by atoms with Crippen molar-refractivity contribution < 1.29 is 19.4 Å². The van der Waals surface area contributed by atoms with E-state index in [4.69, 9.17) is 9.84 Å². The summed E-state index contributed by atoms with van der Waals surface area (Å²) in [5, 5.41) is 9.10. The van der Waals surface area contributed by atoms with E-state index in [0.29, 0.717) is 19.5 Å². The molecule has 1 aliphatic heterocycles. The van der Waals surface area contributed by atoms with E-state index in [-0.39, 0.29) is 30.0 Å². The normalized spacial score (nSPS) is 29.4. The second-order valence-corrected chi connectivity index (χ2v) is 6.51. The first kappa shape index (κ1) is 15.3. The number of amides is 1. The lowest BCUT2D eigenvalue weighted by Gasteiger charge is -2.37. The van der Waals surface area contributed by atoms with Crippen LogP contribution in [0.15, 0.2) is 0 Å². The summed E-state index contributed by atoms with van der Waals surface area (Å²) < 4.78 is 5.64. The summed E-state index contributed by atoms with van der Waals surface area (Å²) in [5.74, 6) is -0.696. The van der Waals surface area contributed by atoms with Gasteiger partial charge in [0.15, 0.2) is 0 Å². The molecule has 2 atom stereocenters. The largest absolute Gasteiger partial charge is 0.481 e. The Morgan fingerprint density at radius 3 is 2.20 bits per heavy atom. The molecule has 0 aromatic heterocycles. The van der Waals surface area contributed by atoms with Crippen LogP contribution in [0.2, 0.25) is 0 Å². The van der Waals surface area contributed by atoms with Crippen LogP contribution in [0.5, 0.6) is 0 Å². The van der Waals surface area contributed by atoms with Crippen molar-refractivity contribution in [2.45, 2.75) is 64.6 Å². The molecule has 2 aliphatic rings. The predicted octanol–water partition coefficient (Wildman–Crippen LogP) is 2.05. The highest BCUT2D eigenvalue weighted by molar-refractivity contribution is 5.78. The lowest BCUT2D eigenvalue weighted by molar-refractivity contribution is -0.147. The van der Waals surface area contributed by atoms with Crippen LogP contribution in [0.4, 0.5) is 0 Å². The lowest BCUT2D eigenvalue weighted by Crippen LogP contribution is -2.49. The zero-order chi connectivity index (χ0) is 14.8. The van der Waals surface area contributed by atoms with E-state index in [9.17, 15) is 9.59 Å². The van der Waals surface area contributed by atoms with Gasteiger partial charge >= 0.3 is 5.97 Å². The van der Waals surface area contributed by atoms with Crippen molar-refractivity contribution in [1.82, 2.24) is 4.90 Å². The van der Waals surface area contributed by atoms with Crippen molar-refractivity contribution >= 4 is 11.9 Å². The monoisotopic (exact) mass is 283 g/mol. The van der Waals surface area contributed by atoms with Gasteiger partial charge in [0, 0.05) is 19.5 Å². The van der Waals surface area contributed by atoms with E-state index < -0.39 is 5.97 Å². The number of hydrogen-bond donors (Lipinski definition) is 1. The second-order valence-electron chi connectivity index (χ2n) is 6.51. The average molecular weight is 283 g/mol. The fraction of sp³-hybridized carbons (Fsp3) is 0.867. The van der Waals surface area contributed by atoms with E-state index in [1.165, 1.54) is 0 Å². The van der Waals surface area contributed by atoms with Gasteiger partial charge in [-0.15, -0.1) is 0 Å². The number of carbonyl (C=O) groups is 2. The van der Waals surface area contributed by atoms with Crippen molar-refractivity contribution in [2.75, 3.05) is 13.1 Å². The van der Waals surface area contributed by atoms with Gasteiger partial charge in [-0.2, -0.15) is 0 Å². The third kappa shape index (κ3) is 3.72. The van der Waals surface area contributed by atoms with Crippen LogP contribution in [-0.2, 0) is 14.3 Å². The number of carboxylic acid groups (broad SMARTS) is 1. The molecule has 1 saturated carbocycles. The van der Waals surface area contributed by atoms with E-state index in [2.05, 4.69) is 0 Å². The Balaban J connectivity index is 1.99. The van der Waals surface area contributed by atoms with Gasteiger partial charge in [-0.05, 0) is 32.1 Å². The van der Waals surface area contributed by atoms with Crippen molar-refractivity contribution in [1.29, 1.82) is 0 Å². The SMILES string of the molecule is C[C@@H]1CN(C(=O)CC2(CC(=O)O)CCCC2)C[C@H](C)O1. The van der Waals surface area contributed by atoms with Crippen LogP contribution in [0, 0.1) is 5.41 Å². The van der Waals surface area contributed by atoms with Gasteiger partial charge in [0.1, 0.15) is 0 Å². The van der Waals surface area contributed by atoms with Gasteiger partial charge in [0.2, 0.25) is 5.91 Å². The third-order valence-electron chi connectivity index (χ3n) is 4.49. The Morgan fingerprint density at radius 1 is 1.15 bits per heavy atom. The Morgan fingerprint density at radius 2 is 1.70 bits per heavy atom. The number of carbonyl (C=O) groups excluding carboxylic acids is 1. The van der Waals surface area contributed by atoms with Crippen molar-refractivity contribution in [2.24, 2.45) is 5.41 Å². The van der Waals surface area contributed by atoms with Crippen LogP contribution >= 0.6 is 0 Å². The summed E-state index contributed by atoms with van der Waals surface area (Å²) in [6.45, 7) is 5.18. The highest BCUT2D eigenvalue weighted by atomic mass is 16.5. The highest BCUT2D eigenvalue weighted by Gasteiger charge is 2.39. The zero-order valence-electron chi connectivity index (χ0n) is 12.4. The first-order chi connectivity index (χ1) is 9.40. The Kier molecular flexibility index (Phi) is 4.68. The molecule has 1 amide bonds. The molecule has 2 fully saturated rings. The summed E-state index contributed by atoms with van der Waals surface area (Å²) in [6, 6.07) is 0. The molecule has 0 aromatic carbocycles. The molecule has 0 unspecified atom stereocenters. The molecule has 1 N–H and O–H groups in total. The topological polar surface area (TPSA) is 66.8 Å². The van der Waals surface area contributed by atoms with Gasteiger partial charge in [-0.1, -0.05) is 12.8 Å². The van der Waals surface area contributed by atoms with Crippen LogP contribution in [0.25, 0.3) is 0 Å². The van der Waals surface area contributed by atoms with Crippen molar-refractivity contribution in [3.63, 3.8) is 0 Å². The fourth-order valence-corrected chi connectivity index (χ4v) is 3.68. The fourth-order valence-electron chi connectivity index (χ4n) is 3.68. The second kappa shape index (κ2) is 6.12. The Labute approximate surface area is 120 Å². The van der Waals surface area contributed by atoms with E-state index in [0.717, 1.165) is 25.7 Å². The molecule has 1 aliphatic carbocycles. The summed E-state index contributed by atoms with van der Waals surface area (Å²) in [5.41, 5.74) is -0.312. The molecule has 20 heavy (non-hydrogen) atoms. The van der Waals surface area contributed by atoms with Gasteiger partial charge in [0.25, 0.3) is 0 Å². The van der Waals surface area contributed by atoms with Crippen LogP contribution in [0.3, 0.4) is 0 Å². The summed E-state index contributed by atoms with van der Waals surface area (Å²) >= 11 is 0. The molecule has 5 nitrogen and oxygen atoms in total. The van der Waals surface area contributed by atoms with Gasteiger partial charge < -0.3 is 14.7 Å². The summed E-state index contributed by atoms with van der Waals surface area (Å²) in [7, 11) is 0. The van der Waals surface area contributed by atoms with Gasteiger partial charge in [0.05, 0.1) is 18.6 Å². The highest BCUT2D eigenvalue weighted by Crippen LogP contribution is 2.44. The lowest BCUT2D eigenvalue weighted by atomic mass is 9.79. The molecular weight excluding hydrogens is 258 g/mol. The Hall–Kier alpha value is -1.10. The standard InChI is InChI=1S/C15H25NO4/c1-11-9-16(10-12(2)20-11)13(17)7-15(8-14(18)19)5-3-4-6-15/h11-12H,3-10H2,1-2H3,(H,18,19)/t11-,12+. The minimum atomic E-state index is -0.789. The first-order valence-electron chi connectivity index (χ1n) is 7.55. The Bertz CT molecular complexity index is 366. The first-order valence-corrected chi connectivity index (χ1v) is 7.55. The van der Waals surface area contributed by atoms with Crippen LogP contribution in [-0.4, -0.2) is 47.2 Å². The molecule has 1 heterocycles.